The lowest BCUT2D eigenvalue weighted by atomic mass is 10.1. The van der Waals surface area contributed by atoms with Crippen molar-refractivity contribution in [1.29, 1.82) is 0 Å². The summed E-state index contributed by atoms with van der Waals surface area (Å²) in [5.41, 5.74) is 5.09. The molecule has 0 unspecified atom stereocenters. The van der Waals surface area contributed by atoms with Crippen LogP contribution >= 0.6 is 0 Å². The smallest absolute Gasteiger partial charge is 0.0418 e. The fraction of sp³-hybridized carbons (Fsp3) is 0.312. The average Bonchev–Trinajstić information content (AvgIpc) is 2.40. The van der Waals surface area contributed by atoms with Crippen molar-refractivity contribution in [2.45, 2.75) is 33.2 Å². The summed E-state index contributed by atoms with van der Waals surface area (Å²) in [6.45, 7) is 5.15. The van der Waals surface area contributed by atoms with Crippen molar-refractivity contribution in [2.24, 2.45) is 0 Å². The molecule has 2 nitrogen and oxygen atoms in total. The minimum atomic E-state index is 0.826. The molecule has 2 aromatic rings. The van der Waals surface area contributed by atoms with Crippen molar-refractivity contribution in [3.63, 3.8) is 0 Å². The van der Waals surface area contributed by atoms with Gasteiger partial charge < -0.3 is 5.32 Å². The summed E-state index contributed by atoms with van der Waals surface area (Å²) in [7, 11) is 0. The molecule has 0 aliphatic carbocycles. The van der Waals surface area contributed by atoms with Crippen LogP contribution in [0.1, 0.15) is 30.0 Å². The van der Waals surface area contributed by atoms with Gasteiger partial charge >= 0.3 is 0 Å². The zero-order chi connectivity index (χ0) is 12.8. The SMILES string of the molecule is CCCc1ccc(NCc2cnccc2C)cc1. The van der Waals surface area contributed by atoms with Crippen LogP contribution in [0.4, 0.5) is 5.69 Å². The molecule has 0 saturated carbocycles. The van der Waals surface area contributed by atoms with Gasteiger partial charge in [-0.25, -0.2) is 0 Å². The average molecular weight is 240 g/mol. The van der Waals surface area contributed by atoms with Crippen molar-refractivity contribution in [1.82, 2.24) is 4.98 Å². The zero-order valence-corrected chi connectivity index (χ0v) is 11.1. The van der Waals surface area contributed by atoms with Crippen LogP contribution in [0.5, 0.6) is 0 Å². The van der Waals surface area contributed by atoms with Crippen LogP contribution in [0, 0.1) is 6.92 Å². The van der Waals surface area contributed by atoms with Crippen LogP contribution in [0.25, 0.3) is 0 Å². The fourth-order valence-electron chi connectivity index (χ4n) is 1.96. The molecule has 0 bridgehead atoms. The Morgan fingerprint density at radius 2 is 1.89 bits per heavy atom. The Kier molecular flexibility index (Phi) is 4.35. The molecular formula is C16H20N2. The summed E-state index contributed by atoms with van der Waals surface area (Å²) in [5, 5.41) is 3.43. The quantitative estimate of drug-likeness (QED) is 0.855. The van der Waals surface area contributed by atoms with Crippen LogP contribution in [-0.4, -0.2) is 4.98 Å². The summed E-state index contributed by atoms with van der Waals surface area (Å²) in [4.78, 5) is 4.16. The van der Waals surface area contributed by atoms with Crippen LogP contribution in [0.15, 0.2) is 42.7 Å². The van der Waals surface area contributed by atoms with E-state index in [-0.39, 0.29) is 0 Å². The molecule has 0 amide bonds. The number of aryl methyl sites for hydroxylation is 2. The summed E-state index contributed by atoms with van der Waals surface area (Å²) in [6, 6.07) is 10.7. The Morgan fingerprint density at radius 3 is 2.56 bits per heavy atom. The van der Waals surface area contributed by atoms with Gasteiger partial charge in [-0.05, 0) is 48.2 Å². The van der Waals surface area contributed by atoms with Gasteiger partial charge in [-0.3, -0.25) is 4.98 Å². The summed E-state index contributed by atoms with van der Waals surface area (Å²) in [6.07, 6.45) is 6.11. The zero-order valence-electron chi connectivity index (χ0n) is 11.1. The highest BCUT2D eigenvalue weighted by atomic mass is 14.9. The minimum absolute atomic E-state index is 0.826. The molecule has 18 heavy (non-hydrogen) atoms. The lowest BCUT2D eigenvalue weighted by Gasteiger charge is -2.09. The number of nitrogens with one attached hydrogen (secondary N) is 1. The van der Waals surface area contributed by atoms with E-state index in [4.69, 9.17) is 0 Å². The largest absolute Gasteiger partial charge is 0.381 e. The lowest BCUT2D eigenvalue weighted by molar-refractivity contribution is 0.922. The Balaban J connectivity index is 1.96. The Bertz CT molecular complexity index is 489. The molecule has 0 spiro atoms. The number of aromatic nitrogens is 1. The maximum atomic E-state index is 4.16. The third-order valence-electron chi connectivity index (χ3n) is 3.12. The predicted molar refractivity (Wildman–Crippen MR) is 76.7 cm³/mol. The van der Waals surface area contributed by atoms with Crippen LogP contribution < -0.4 is 5.32 Å². The normalized spacial score (nSPS) is 10.3. The number of pyridine rings is 1. The third-order valence-corrected chi connectivity index (χ3v) is 3.12. The van der Waals surface area contributed by atoms with E-state index in [0.29, 0.717) is 0 Å². The van der Waals surface area contributed by atoms with E-state index in [9.17, 15) is 0 Å². The fourth-order valence-corrected chi connectivity index (χ4v) is 1.96. The molecule has 0 fully saturated rings. The first-order valence-electron chi connectivity index (χ1n) is 6.52. The number of hydrogen-bond donors (Lipinski definition) is 1. The van der Waals surface area contributed by atoms with E-state index >= 15 is 0 Å². The highest BCUT2D eigenvalue weighted by molar-refractivity contribution is 5.45. The van der Waals surface area contributed by atoms with E-state index in [1.54, 1.807) is 0 Å². The molecule has 0 radical (unpaired) electrons. The molecule has 0 aliphatic rings. The molecule has 2 rings (SSSR count). The van der Waals surface area contributed by atoms with Gasteiger partial charge in [-0.2, -0.15) is 0 Å². The number of hydrogen-bond acceptors (Lipinski definition) is 2. The number of rotatable bonds is 5. The molecule has 94 valence electrons. The van der Waals surface area contributed by atoms with Gasteiger partial charge in [0.2, 0.25) is 0 Å². The topological polar surface area (TPSA) is 24.9 Å². The molecule has 1 N–H and O–H groups in total. The predicted octanol–water partition coefficient (Wildman–Crippen LogP) is 3.95. The van der Waals surface area contributed by atoms with Crippen LogP contribution in [-0.2, 0) is 13.0 Å². The summed E-state index contributed by atoms with van der Waals surface area (Å²) < 4.78 is 0. The van der Waals surface area contributed by atoms with E-state index < -0.39 is 0 Å². The Hall–Kier alpha value is -1.83. The number of benzene rings is 1. The third kappa shape index (κ3) is 3.33. The van der Waals surface area contributed by atoms with Crippen LogP contribution in [0.2, 0.25) is 0 Å². The standard InChI is InChI=1S/C16H20N2/c1-3-4-14-5-7-16(8-6-14)18-12-15-11-17-10-9-13(15)2/h5-11,18H,3-4,12H2,1-2H3. The van der Waals surface area contributed by atoms with E-state index in [1.807, 2.05) is 18.5 Å². The van der Waals surface area contributed by atoms with Gasteiger partial charge in [0.25, 0.3) is 0 Å². The van der Waals surface area contributed by atoms with Gasteiger partial charge in [0.15, 0.2) is 0 Å². The highest BCUT2D eigenvalue weighted by Gasteiger charge is 1.98. The van der Waals surface area contributed by atoms with E-state index in [1.165, 1.54) is 23.1 Å². The van der Waals surface area contributed by atoms with Gasteiger partial charge in [0.1, 0.15) is 0 Å². The minimum Gasteiger partial charge on any atom is -0.381 e. The van der Waals surface area contributed by atoms with Gasteiger partial charge in [0, 0.05) is 24.6 Å². The second-order valence-corrected chi connectivity index (χ2v) is 4.60. The van der Waals surface area contributed by atoms with Gasteiger partial charge in [-0.1, -0.05) is 25.5 Å². The van der Waals surface area contributed by atoms with Crippen molar-refractivity contribution >= 4 is 5.69 Å². The van der Waals surface area contributed by atoms with Gasteiger partial charge in [0.05, 0.1) is 0 Å². The van der Waals surface area contributed by atoms with Crippen molar-refractivity contribution in [3.05, 3.63) is 59.4 Å². The molecule has 0 aliphatic heterocycles. The molecule has 2 heteroatoms. The number of nitrogens with zero attached hydrogens (tertiary/aromatic N) is 1. The first-order chi connectivity index (χ1) is 8.79. The second-order valence-electron chi connectivity index (χ2n) is 4.60. The van der Waals surface area contributed by atoms with Crippen LogP contribution in [0.3, 0.4) is 0 Å². The number of anilines is 1. The second kappa shape index (κ2) is 6.20. The Labute approximate surface area is 109 Å². The Morgan fingerprint density at radius 1 is 1.11 bits per heavy atom. The first-order valence-corrected chi connectivity index (χ1v) is 6.52. The summed E-state index contributed by atoms with van der Waals surface area (Å²) >= 11 is 0. The summed E-state index contributed by atoms with van der Waals surface area (Å²) in [5.74, 6) is 0. The lowest BCUT2D eigenvalue weighted by Crippen LogP contribution is -2.01. The molecule has 0 saturated heterocycles. The highest BCUT2D eigenvalue weighted by Crippen LogP contribution is 2.13. The van der Waals surface area contributed by atoms with E-state index in [2.05, 4.69) is 48.4 Å². The van der Waals surface area contributed by atoms with Gasteiger partial charge in [-0.15, -0.1) is 0 Å². The van der Waals surface area contributed by atoms with E-state index in [0.717, 1.165) is 18.7 Å². The maximum Gasteiger partial charge on any atom is 0.0418 e. The maximum absolute atomic E-state index is 4.16. The van der Waals surface area contributed by atoms with Crippen molar-refractivity contribution in [3.8, 4) is 0 Å². The molecule has 0 atom stereocenters. The van der Waals surface area contributed by atoms with Crippen molar-refractivity contribution < 1.29 is 0 Å². The van der Waals surface area contributed by atoms with Crippen molar-refractivity contribution in [2.75, 3.05) is 5.32 Å². The molecular weight excluding hydrogens is 220 g/mol. The first kappa shape index (κ1) is 12.6. The molecule has 1 heterocycles. The molecule has 1 aromatic carbocycles. The monoisotopic (exact) mass is 240 g/mol. The molecule has 1 aromatic heterocycles.